The molecule has 1 N–H and O–H groups in total. The van der Waals surface area contributed by atoms with Gasteiger partial charge in [0.15, 0.2) is 0 Å². The van der Waals surface area contributed by atoms with E-state index >= 15 is 0 Å². The third-order valence-corrected chi connectivity index (χ3v) is 3.68. The minimum absolute atomic E-state index is 0.0125. The molecule has 2 rings (SSSR count). The number of urea groups is 1. The molecule has 0 fully saturated rings. The first-order valence-corrected chi connectivity index (χ1v) is 8.26. The number of nitrogens with one attached hydrogen (secondary N) is 1. The summed E-state index contributed by atoms with van der Waals surface area (Å²) in [7, 11) is 0. The van der Waals surface area contributed by atoms with Crippen molar-refractivity contribution in [2.24, 2.45) is 5.92 Å². The molecule has 122 valence electrons. The topological polar surface area (TPSA) is 32.3 Å². The van der Waals surface area contributed by atoms with Crippen molar-refractivity contribution in [2.45, 2.75) is 26.8 Å². The zero-order chi connectivity index (χ0) is 16.5. The van der Waals surface area contributed by atoms with Gasteiger partial charge in [0, 0.05) is 19.6 Å². The Morgan fingerprint density at radius 3 is 2.09 bits per heavy atom. The van der Waals surface area contributed by atoms with E-state index in [1.807, 2.05) is 41.3 Å². The van der Waals surface area contributed by atoms with Crippen LogP contribution in [0.1, 0.15) is 25.0 Å². The number of hydrogen-bond donors (Lipinski definition) is 1. The van der Waals surface area contributed by atoms with Gasteiger partial charge in [-0.15, -0.1) is 0 Å². The monoisotopic (exact) mass is 310 g/mol. The van der Waals surface area contributed by atoms with Crippen LogP contribution in [0.25, 0.3) is 0 Å². The van der Waals surface area contributed by atoms with Gasteiger partial charge in [0.2, 0.25) is 0 Å². The highest BCUT2D eigenvalue weighted by atomic mass is 16.2. The number of amides is 2. The summed E-state index contributed by atoms with van der Waals surface area (Å²) in [6, 6.07) is 20.4. The Hall–Kier alpha value is -2.29. The molecule has 0 aliphatic rings. The first-order chi connectivity index (χ1) is 11.1. The van der Waals surface area contributed by atoms with E-state index in [1.54, 1.807) is 0 Å². The fourth-order valence-corrected chi connectivity index (χ4v) is 2.37. The Morgan fingerprint density at radius 1 is 0.957 bits per heavy atom. The minimum Gasteiger partial charge on any atom is -0.338 e. The van der Waals surface area contributed by atoms with Crippen molar-refractivity contribution in [3.8, 4) is 0 Å². The first kappa shape index (κ1) is 17.1. The highest BCUT2D eigenvalue weighted by molar-refractivity contribution is 5.74. The van der Waals surface area contributed by atoms with Crippen LogP contribution in [0.4, 0.5) is 4.79 Å². The number of rotatable bonds is 7. The van der Waals surface area contributed by atoms with E-state index in [0.717, 1.165) is 12.0 Å². The van der Waals surface area contributed by atoms with Crippen molar-refractivity contribution in [1.29, 1.82) is 0 Å². The molecule has 0 saturated carbocycles. The zero-order valence-corrected chi connectivity index (χ0v) is 14.0. The number of hydrogen-bond acceptors (Lipinski definition) is 1. The van der Waals surface area contributed by atoms with E-state index in [9.17, 15) is 4.79 Å². The predicted molar refractivity (Wildman–Crippen MR) is 95.2 cm³/mol. The Labute approximate surface area is 139 Å². The van der Waals surface area contributed by atoms with E-state index < -0.39 is 0 Å². The van der Waals surface area contributed by atoms with Crippen LogP contribution >= 0.6 is 0 Å². The summed E-state index contributed by atoms with van der Waals surface area (Å²) >= 11 is 0. The summed E-state index contributed by atoms with van der Waals surface area (Å²) in [4.78, 5) is 14.4. The van der Waals surface area contributed by atoms with Gasteiger partial charge in [-0.1, -0.05) is 74.5 Å². The molecular formula is C20H26N2O. The molecule has 3 heteroatoms. The second-order valence-electron chi connectivity index (χ2n) is 6.22. The molecular weight excluding hydrogens is 284 g/mol. The van der Waals surface area contributed by atoms with Crippen LogP contribution in [0.3, 0.4) is 0 Å². The average molecular weight is 310 g/mol. The van der Waals surface area contributed by atoms with Gasteiger partial charge in [0.05, 0.1) is 0 Å². The number of nitrogens with zero attached hydrogens (tertiary/aromatic N) is 1. The van der Waals surface area contributed by atoms with Crippen LogP contribution in [0, 0.1) is 5.92 Å². The molecule has 0 aliphatic heterocycles. The lowest BCUT2D eigenvalue weighted by Gasteiger charge is -2.24. The lowest BCUT2D eigenvalue weighted by Crippen LogP contribution is -2.41. The Kier molecular flexibility index (Phi) is 6.67. The Morgan fingerprint density at radius 2 is 1.52 bits per heavy atom. The molecule has 0 spiro atoms. The van der Waals surface area contributed by atoms with E-state index in [0.29, 0.717) is 25.6 Å². The smallest absolute Gasteiger partial charge is 0.317 e. The SMILES string of the molecule is CC(C)CNC(=O)N(CCc1ccccc1)Cc1ccccc1. The number of benzene rings is 2. The molecule has 0 atom stereocenters. The van der Waals surface area contributed by atoms with E-state index in [4.69, 9.17) is 0 Å². The molecule has 2 aromatic carbocycles. The van der Waals surface area contributed by atoms with Crippen LogP contribution in [-0.2, 0) is 13.0 Å². The van der Waals surface area contributed by atoms with Gasteiger partial charge in [-0.2, -0.15) is 0 Å². The summed E-state index contributed by atoms with van der Waals surface area (Å²) in [5, 5.41) is 3.03. The number of carbonyl (C=O) groups is 1. The van der Waals surface area contributed by atoms with E-state index in [1.165, 1.54) is 5.56 Å². The molecule has 23 heavy (non-hydrogen) atoms. The van der Waals surface area contributed by atoms with Gasteiger partial charge >= 0.3 is 6.03 Å². The molecule has 3 nitrogen and oxygen atoms in total. The lowest BCUT2D eigenvalue weighted by atomic mass is 10.1. The molecule has 0 heterocycles. The second-order valence-corrected chi connectivity index (χ2v) is 6.22. The van der Waals surface area contributed by atoms with Crippen LogP contribution in [-0.4, -0.2) is 24.0 Å². The quantitative estimate of drug-likeness (QED) is 0.820. The molecule has 0 aliphatic carbocycles. The molecule has 0 saturated heterocycles. The standard InChI is InChI=1S/C20H26N2O/c1-17(2)15-21-20(23)22(16-19-11-7-4-8-12-19)14-13-18-9-5-3-6-10-18/h3-12,17H,13-16H2,1-2H3,(H,21,23). The highest BCUT2D eigenvalue weighted by Gasteiger charge is 2.14. The van der Waals surface area contributed by atoms with E-state index in [-0.39, 0.29) is 6.03 Å². The van der Waals surface area contributed by atoms with Crippen molar-refractivity contribution in [1.82, 2.24) is 10.2 Å². The summed E-state index contributed by atoms with van der Waals surface area (Å²) in [5.41, 5.74) is 2.41. The molecule has 0 radical (unpaired) electrons. The van der Waals surface area contributed by atoms with Gasteiger partial charge in [0.25, 0.3) is 0 Å². The van der Waals surface area contributed by atoms with Crippen molar-refractivity contribution in [3.63, 3.8) is 0 Å². The van der Waals surface area contributed by atoms with Crippen LogP contribution in [0.2, 0.25) is 0 Å². The van der Waals surface area contributed by atoms with Gasteiger partial charge in [0.1, 0.15) is 0 Å². The van der Waals surface area contributed by atoms with Crippen molar-refractivity contribution in [2.75, 3.05) is 13.1 Å². The van der Waals surface area contributed by atoms with Gasteiger partial charge in [-0.3, -0.25) is 0 Å². The molecule has 0 aromatic heterocycles. The normalized spacial score (nSPS) is 10.6. The second kappa shape index (κ2) is 8.99. The van der Waals surface area contributed by atoms with E-state index in [2.05, 4.69) is 43.4 Å². The fourth-order valence-electron chi connectivity index (χ4n) is 2.37. The van der Waals surface area contributed by atoms with Crippen LogP contribution < -0.4 is 5.32 Å². The molecule has 0 unspecified atom stereocenters. The minimum atomic E-state index is 0.0125. The maximum atomic E-state index is 12.5. The molecule has 2 amide bonds. The van der Waals surface area contributed by atoms with Crippen LogP contribution in [0.5, 0.6) is 0 Å². The fraction of sp³-hybridized carbons (Fsp3) is 0.350. The molecule has 0 bridgehead atoms. The first-order valence-electron chi connectivity index (χ1n) is 8.26. The summed E-state index contributed by atoms with van der Waals surface area (Å²) in [5.74, 6) is 0.451. The average Bonchev–Trinajstić information content (AvgIpc) is 2.58. The molecule has 2 aromatic rings. The highest BCUT2D eigenvalue weighted by Crippen LogP contribution is 2.08. The summed E-state index contributed by atoms with van der Waals surface area (Å²) in [6.45, 7) is 6.26. The van der Waals surface area contributed by atoms with Gasteiger partial charge < -0.3 is 10.2 Å². The maximum absolute atomic E-state index is 12.5. The third kappa shape index (κ3) is 6.15. The van der Waals surface area contributed by atoms with Crippen molar-refractivity contribution < 1.29 is 4.79 Å². The van der Waals surface area contributed by atoms with Crippen LogP contribution in [0.15, 0.2) is 60.7 Å². The lowest BCUT2D eigenvalue weighted by molar-refractivity contribution is 0.194. The van der Waals surface area contributed by atoms with Crippen molar-refractivity contribution in [3.05, 3.63) is 71.8 Å². The van der Waals surface area contributed by atoms with Crippen molar-refractivity contribution >= 4 is 6.03 Å². The van der Waals surface area contributed by atoms with Gasteiger partial charge in [-0.25, -0.2) is 4.79 Å². The zero-order valence-electron chi connectivity index (χ0n) is 14.0. The maximum Gasteiger partial charge on any atom is 0.317 e. The summed E-state index contributed by atoms with van der Waals surface area (Å²) < 4.78 is 0. The number of carbonyl (C=O) groups excluding carboxylic acids is 1. The Balaban J connectivity index is 1.99. The predicted octanol–water partition coefficient (Wildman–Crippen LogP) is 4.10. The van der Waals surface area contributed by atoms with Gasteiger partial charge in [-0.05, 0) is 23.5 Å². The largest absolute Gasteiger partial charge is 0.338 e. The summed E-state index contributed by atoms with van der Waals surface area (Å²) in [6.07, 6.45) is 0.864. The Bertz CT molecular complexity index is 581. The third-order valence-electron chi connectivity index (χ3n) is 3.68.